The van der Waals surface area contributed by atoms with Gasteiger partial charge in [0, 0.05) is 19.1 Å². The molecule has 0 radical (unpaired) electrons. The second kappa shape index (κ2) is 11.2. The van der Waals surface area contributed by atoms with Crippen LogP contribution in [-0.4, -0.2) is 41.4 Å². The van der Waals surface area contributed by atoms with E-state index in [1.807, 2.05) is 0 Å². The highest BCUT2D eigenvalue weighted by atomic mass is 35.5. The molecular formula is C18H24ClF2N5OS2. The normalized spacial score (nSPS) is 17.4. The number of nitrogens with one attached hydrogen (secondary N) is 4. The van der Waals surface area contributed by atoms with Gasteiger partial charge in [0.1, 0.15) is 5.82 Å². The number of hydrogen-bond acceptors (Lipinski definition) is 6. The zero-order chi connectivity index (χ0) is 20.6. The van der Waals surface area contributed by atoms with E-state index in [-0.39, 0.29) is 15.0 Å². The number of hydrogen-bond donors (Lipinski definition) is 4. The van der Waals surface area contributed by atoms with Crippen molar-refractivity contribution in [2.24, 2.45) is 0 Å². The molecular weight excluding hydrogens is 440 g/mol. The van der Waals surface area contributed by atoms with Crippen molar-refractivity contribution in [2.45, 2.75) is 36.6 Å². The fourth-order valence-corrected chi connectivity index (χ4v) is 4.91. The van der Waals surface area contributed by atoms with E-state index < -0.39 is 21.9 Å². The Balaban J connectivity index is 1.42. The highest BCUT2D eigenvalue weighted by Gasteiger charge is 2.16. The standard InChI is InChI=1S/C18H24ClF2N5OS2/c19-13-8-16(29(27)26-18-25-11-17(21)28-18)14(20)9-15(13)24-6-2-1-5-22-10-12-4-3-7-23-12/h8-9,11-12,22-24H,1-7,10H2,(H,25,26)/t12-,29?/m0/s1. The molecule has 3 rings (SSSR count). The maximum Gasteiger partial charge on any atom is 0.198 e. The summed E-state index contributed by atoms with van der Waals surface area (Å²) in [6, 6.07) is 3.12. The van der Waals surface area contributed by atoms with Crippen LogP contribution in [0.2, 0.25) is 5.02 Å². The Morgan fingerprint density at radius 1 is 1.31 bits per heavy atom. The summed E-state index contributed by atoms with van der Waals surface area (Å²) in [7, 11) is -1.93. The van der Waals surface area contributed by atoms with E-state index in [0.717, 1.165) is 38.7 Å². The van der Waals surface area contributed by atoms with Gasteiger partial charge in [-0.05, 0) is 50.9 Å². The van der Waals surface area contributed by atoms with E-state index in [0.29, 0.717) is 29.6 Å². The molecule has 0 amide bonds. The van der Waals surface area contributed by atoms with Gasteiger partial charge in [-0.15, -0.1) is 0 Å². The monoisotopic (exact) mass is 463 g/mol. The molecule has 11 heteroatoms. The maximum atomic E-state index is 14.4. The molecule has 160 valence electrons. The molecule has 1 fully saturated rings. The van der Waals surface area contributed by atoms with Crippen molar-refractivity contribution >= 4 is 44.7 Å². The van der Waals surface area contributed by atoms with Crippen molar-refractivity contribution < 1.29 is 13.0 Å². The molecule has 2 atom stereocenters. The lowest BCUT2D eigenvalue weighted by atomic mass is 10.2. The van der Waals surface area contributed by atoms with Gasteiger partial charge in [0.15, 0.2) is 21.2 Å². The van der Waals surface area contributed by atoms with Gasteiger partial charge in [0.05, 0.1) is 21.8 Å². The smallest absolute Gasteiger partial charge is 0.198 e. The molecule has 4 N–H and O–H groups in total. The lowest BCUT2D eigenvalue weighted by Crippen LogP contribution is -2.34. The molecule has 1 aliphatic rings. The summed E-state index contributed by atoms with van der Waals surface area (Å²) in [6.45, 7) is 3.69. The minimum Gasteiger partial charge on any atom is -0.384 e. The zero-order valence-electron chi connectivity index (χ0n) is 15.8. The van der Waals surface area contributed by atoms with Crippen LogP contribution in [0.1, 0.15) is 25.7 Å². The summed E-state index contributed by atoms with van der Waals surface area (Å²) in [6.07, 6.45) is 5.39. The van der Waals surface area contributed by atoms with Gasteiger partial charge < -0.3 is 16.0 Å². The molecule has 2 aromatic rings. The van der Waals surface area contributed by atoms with Crippen molar-refractivity contribution in [3.8, 4) is 0 Å². The summed E-state index contributed by atoms with van der Waals surface area (Å²) in [5, 5.41) is 9.86. The number of thiazole rings is 1. The van der Waals surface area contributed by atoms with Crippen LogP contribution in [-0.2, 0) is 11.0 Å². The number of rotatable bonds is 11. The Morgan fingerprint density at radius 3 is 2.86 bits per heavy atom. The van der Waals surface area contributed by atoms with E-state index in [2.05, 4.69) is 25.7 Å². The molecule has 29 heavy (non-hydrogen) atoms. The minimum absolute atomic E-state index is 0.107. The lowest BCUT2D eigenvalue weighted by molar-refractivity contribution is 0.526. The van der Waals surface area contributed by atoms with Crippen LogP contribution in [0.3, 0.4) is 0 Å². The zero-order valence-corrected chi connectivity index (χ0v) is 18.2. The second-order valence-corrected chi connectivity index (χ2v) is 9.30. The third-order valence-corrected chi connectivity index (χ3v) is 6.76. The average Bonchev–Trinajstić information content (AvgIpc) is 3.35. The first-order valence-electron chi connectivity index (χ1n) is 9.49. The van der Waals surface area contributed by atoms with E-state index in [1.165, 1.54) is 25.0 Å². The van der Waals surface area contributed by atoms with E-state index in [9.17, 15) is 13.0 Å². The van der Waals surface area contributed by atoms with Crippen molar-refractivity contribution in [3.05, 3.63) is 34.3 Å². The second-order valence-electron chi connectivity index (χ2n) is 6.73. The molecule has 1 aromatic heterocycles. The highest BCUT2D eigenvalue weighted by Crippen LogP contribution is 2.28. The van der Waals surface area contributed by atoms with E-state index >= 15 is 0 Å². The molecule has 1 saturated heterocycles. The fourth-order valence-electron chi connectivity index (χ4n) is 3.05. The number of unbranched alkanes of at least 4 members (excludes halogenated alkanes) is 1. The van der Waals surface area contributed by atoms with Crippen molar-refractivity contribution in [2.75, 3.05) is 36.2 Å². The van der Waals surface area contributed by atoms with E-state index in [4.69, 9.17) is 11.6 Å². The Bertz CT molecular complexity index is 833. The van der Waals surface area contributed by atoms with Crippen LogP contribution in [0.5, 0.6) is 0 Å². The SMILES string of the molecule is O=S(Nc1ncc(F)s1)c1cc(Cl)c(NCCCCNC[C@@H]2CCCN2)cc1F. The quantitative estimate of drug-likeness (QED) is 0.382. The summed E-state index contributed by atoms with van der Waals surface area (Å²) in [4.78, 5) is 3.60. The lowest BCUT2D eigenvalue weighted by Gasteiger charge is -2.13. The molecule has 0 aliphatic carbocycles. The topological polar surface area (TPSA) is 78.1 Å². The molecule has 1 aliphatic heterocycles. The van der Waals surface area contributed by atoms with Gasteiger partial charge in [0.2, 0.25) is 0 Å². The Hall–Kier alpha value is -1.33. The number of benzene rings is 1. The van der Waals surface area contributed by atoms with Gasteiger partial charge in [-0.25, -0.2) is 13.6 Å². The fraction of sp³-hybridized carbons (Fsp3) is 0.500. The van der Waals surface area contributed by atoms with Gasteiger partial charge in [-0.1, -0.05) is 22.9 Å². The largest absolute Gasteiger partial charge is 0.384 e. The summed E-state index contributed by atoms with van der Waals surface area (Å²) >= 11 is 6.90. The van der Waals surface area contributed by atoms with E-state index in [1.54, 1.807) is 0 Å². The average molecular weight is 464 g/mol. The van der Waals surface area contributed by atoms with Crippen LogP contribution >= 0.6 is 22.9 Å². The van der Waals surface area contributed by atoms with Crippen LogP contribution in [0.15, 0.2) is 23.2 Å². The third-order valence-electron chi connectivity index (χ3n) is 4.53. The first-order chi connectivity index (χ1) is 14.0. The number of anilines is 2. The molecule has 0 spiro atoms. The predicted molar refractivity (Wildman–Crippen MR) is 115 cm³/mol. The van der Waals surface area contributed by atoms with Gasteiger partial charge in [-0.2, -0.15) is 4.39 Å². The molecule has 1 unspecified atom stereocenters. The van der Waals surface area contributed by atoms with Gasteiger partial charge >= 0.3 is 0 Å². The van der Waals surface area contributed by atoms with Crippen molar-refractivity contribution in [1.29, 1.82) is 0 Å². The first-order valence-corrected chi connectivity index (χ1v) is 11.8. The Kier molecular flexibility index (Phi) is 8.61. The number of aromatic nitrogens is 1. The van der Waals surface area contributed by atoms with Crippen LogP contribution in [0, 0.1) is 10.9 Å². The minimum atomic E-state index is -1.93. The Morgan fingerprint density at radius 2 is 2.14 bits per heavy atom. The number of nitrogens with zero attached hydrogens (tertiary/aromatic N) is 1. The maximum absolute atomic E-state index is 14.4. The van der Waals surface area contributed by atoms with Crippen LogP contribution in [0.25, 0.3) is 0 Å². The molecule has 6 nitrogen and oxygen atoms in total. The molecule has 0 bridgehead atoms. The first kappa shape index (κ1) is 22.4. The van der Waals surface area contributed by atoms with Crippen molar-refractivity contribution in [3.63, 3.8) is 0 Å². The Labute approximate surface area is 180 Å². The number of halogens is 3. The van der Waals surface area contributed by atoms with Gasteiger partial charge in [0.25, 0.3) is 0 Å². The summed E-state index contributed by atoms with van der Waals surface area (Å²) in [5.41, 5.74) is 0.452. The van der Waals surface area contributed by atoms with Gasteiger partial charge in [-0.3, -0.25) is 4.72 Å². The third kappa shape index (κ3) is 6.85. The molecule has 1 aromatic carbocycles. The molecule has 0 saturated carbocycles. The van der Waals surface area contributed by atoms with Crippen LogP contribution < -0.4 is 20.7 Å². The van der Waals surface area contributed by atoms with Crippen molar-refractivity contribution in [1.82, 2.24) is 15.6 Å². The summed E-state index contributed by atoms with van der Waals surface area (Å²) < 4.78 is 42.1. The summed E-state index contributed by atoms with van der Waals surface area (Å²) in [5.74, 6) is -0.662. The molecule has 2 heterocycles. The van der Waals surface area contributed by atoms with Crippen LogP contribution in [0.4, 0.5) is 19.6 Å². The highest BCUT2D eigenvalue weighted by molar-refractivity contribution is 7.86. The predicted octanol–water partition coefficient (Wildman–Crippen LogP) is 3.74.